The summed E-state index contributed by atoms with van der Waals surface area (Å²) in [7, 11) is 0. The molecule has 0 heteroatoms. The maximum absolute atomic E-state index is 5.29. The van der Waals surface area contributed by atoms with E-state index in [1.807, 2.05) is 0 Å². The third-order valence-electron chi connectivity index (χ3n) is 3.36. The zero-order valence-electron chi connectivity index (χ0n) is 9.21. The first-order chi connectivity index (χ1) is 7.40. The highest BCUT2D eigenvalue weighted by molar-refractivity contribution is 5.27. The first kappa shape index (κ1) is 10.3. The van der Waals surface area contributed by atoms with Crippen molar-refractivity contribution in [2.75, 3.05) is 0 Å². The van der Waals surface area contributed by atoms with Crippen molar-refractivity contribution in [2.24, 2.45) is 0 Å². The average molecular weight is 198 g/mol. The van der Waals surface area contributed by atoms with Gasteiger partial charge in [-0.05, 0) is 29.9 Å². The van der Waals surface area contributed by atoms with Crippen LogP contribution < -0.4 is 0 Å². The molecule has 0 heterocycles. The van der Waals surface area contributed by atoms with Gasteiger partial charge in [0.25, 0.3) is 0 Å². The molecule has 0 nitrogen and oxygen atoms in total. The monoisotopic (exact) mass is 198 g/mol. The van der Waals surface area contributed by atoms with Gasteiger partial charge >= 0.3 is 0 Å². The first-order valence-corrected chi connectivity index (χ1v) is 5.92. The van der Waals surface area contributed by atoms with Gasteiger partial charge in [-0.15, -0.1) is 12.3 Å². The molecular formula is C15H18. The lowest BCUT2D eigenvalue weighted by Crippen LogP contribution is -2.04. The van der Waals surface area contributed by atoms with E-state index in [1.54, 1.807) is 0 Å². The summed E-state index contributed by atoms with van der Waals surface area (Å²) in [4.78, 5) is 0. The van der Waals surface area contributed by atoms with Crippen molar-refractivity contribution in [1.29, 1.82) is 0 Å². The molecule has 1 aromatic carbocycles. The molecule has 1 aliphatic carbocycles. The lowest BCUT2D eigenvalue weighted by atomic mass is 9.84. The summed E-state index contributed by atoms with van der Waals surface area (Å²) < 4.78 is 0. The molecule has 15 heavy (non-hydrogen) atoms. The van der Waals surface area contributed by atoms with Gasteiger partial charge in [-0.1, -0.05) is 43.5 Å². The summed E-state index contributed by atoms with van der Waals surface area (Å²) in [6.07, 6.45) is 13.0. The normalized spacial score (nSPS) is 17.3. The molecule has 0 aromatic heterocycles. The molecule has 0 bridgehead atoms. The number of rotatable bonds is 2. The van der Waals surface area contributed by atoms with E-state index in [-0.39, 0.29) is 0 Å². The molecule has 0 radical (unpaired) electrons. The predicted molar refractivity (Wildman–Crippen MR) is 64.8 cm³/mol. The Labute approximate surface area is 92.7 Å². The zero-order valence-corrected chi connectivity index (χ0v) is 9.21. The van der Waals surface area contributed by atoms with Crippen molar-refractivity contribution >= 4 is 0 Å². The molecule has 0 spiro atoms. The highest BCUT2D eigenvalue weighted by Crippen LogP contribution is 2.32. The van der Waals surface area contributed by atoms with Crippen molar-refractivity contribution in [3.05, 3.63) is 35.4 Å². The minimum Gasteiger partial charge on any atom is -0.120 e. The second kappa shape index (κ2) is 5.03. The Morgan fingerprint density at radius 2 is 1.73 bits per heavy atom. The topological polar surface area (TPSA) is 0 Å². The summed E-state index contributed by atoms with van der Waals surface area (Å²) in [5.74, 6) is 3.49. The fourth-order valence-corrected chi connectivity index (χ4v) is 2.46. The van der Waals surface area contributed by atoms with Crippen LogP contribution in [0.2, 0.25) is 0 Å². The van der Waals surface area contributed by atoms with Crippen molar-refractivity contribution in [1.82, 2.24) is 0 Å². The lowest BCUT2D eigenvalue weighted by Gasteiger charge is -2.21. The number of hydrogen-bond donors (Lipinski definition) is 0. The Balaban J connectivity index is 2.05. The van der Waals surface area contributed by atoms with E-state index in [0.717, 1.165) is 12.3 Å². The van der Waals surface area contributed by atoms with Gasteiger partial charge in [-0.2, -0.15) is 0 Å². The van der Waals surface area contributed by atoms with Crippen LogP contribution in [0.25, 0.3) is 0 Å². The van der Waals surface area contributed by atoms with Crippen molar-refractivity contribution in [2.45, 2.75) is 44.4 Å². The van der Waals surface area contributed by atoms with E-state index in [1.165, 1.54) is 43.2 Å². The van der Waals surface area contributed by atoms with Gasteiger partial charge < -0.3 is 0 Å². The molecule has 0 N–H and O–H groups in total. The molecule has 0 amide bonds. The van der Waals surface area contributed by atoms with Gasteiger partial charge in [-0.3, -0.25) is 0 Å². The van der Waals surface area contributed by atoms with Crippen molar-refractivity contribution in [3.8, 4) is 12.3 Å². The molecule has 2 rings (SSSR count). The predicted octanol–water partition coefficient (Wildman–Crippen LogP) is 3.91. The number of terminal acetylenes is 1. The summed E-state index contributed by atoms with van der Waals surface area (Å²) in [5.41, 5.74) is 2.77. The second-order valence-electron chi connectivity index (χ2n) is 4.46. The highest BCUT2D eigenvalue weighted by atomic mass is 14.2. The number of hydrogen-bond acceptors (Lipinski definition) is 0. The van der Waals surface area contributed by atoms with Crippen LogP contribution in [-0.4, -0.2) is 0 Å². The van der Waals surface area contributed by atoms with E-state index >= 15 is 0 Å². The molecule has 78 valence electrons. The Hall–Kier alpha value is -1.22. The maximum atomic E-state index is 5.29. The fourth-order valence-electron chi connectivity index (χ4n) is 2.46. The third kappa shape index (κ3) is 2.63. The molecule has 1 fully saturated rings. The molecule has 0 saturated heterocycles. The van der Waals surface area contributed by atoms with Crippen LogP contribution in [0.3, 0.4) is 0 Å². The van der Waals surface area contributed by atoms with Crippen molar-refractivity contribution < 1.29 is 0 Å². The minimum atomic E-state index is 0.755. The van der Waals surface area contributed by atoms with Gasteiger partial charge in [0.1, 0.15) is 0 Å². The first-order valence-electron chi connectivity index (χ1n) is 5.92. The quantitative estimate of drug-likeness (QED) is 0.632. The van der Waals surface area contributed by atoms with Crippen molar-refractivity contribution in [3.63, 3.8) is 0 Å². The van der Waals surface area contributed by atoms with Crippen LogP contribution in [0.5, 0.6) is 0 Å². The molecule has 1 aliphatic rings. The Bertz CT molecular complexity index is 333. The Kier molecular flexibility index (Phi) is 3.45. The second-order valence-corrected chi connectivity index (χ2v) is 4.46. The molecule has 1 saturated carbocycles. The molecule has 0 aliphatic heterocycles. The summed E-state index contributed by atoms with van der Waals surface area (Å²) in [6, 6.07) is 8.90. The van der Waals surface area contributed by atoms with Gasteiger partial charge in [0.05, 0.1) is 0 Å². The molecular weight excluding hydrogens is 180 g/mol. The fraction of sp³-hybridized carbons (Fsp3) is 0.467. The van der Waals surface area contributed by atoms with Crippen LogP contribution in [-0.2, 0) is 6.42 Å². The summed E-state index contributed by atoms with van der Waals surface area (Å²) >= 11 is 0. The molecule has 0 unspecified atom stereocenters. The lowest BCUT2D eigenvalue weighted by molar-refractivity contribution is 0.443. The summed E-state index contributed by atoms with van der Waals surface area (Å²) in [5, 5.41) is 0. The average Bonchev–Trinajstić information content (AvgIpc) is 2.32. The Morgan fingerprint density at radius 3 is 2.33 bits per heavy atom. The largest absolute Gasteiger partial charge is 0.120 e. The van der Waals surface area contributed by atoms with Crippen LogP contribution in [0.15, 0.2) is 24.3 Å². The van der Waals surface area contributed by atoms with Gasteiger partial charge in [0, 0.05) is 6.42 Å². The maximum Gasteiger partial charge on any atom is 0.0337 e. The van der Waals surface area contributed by atoms with Crippen LogP contribution >= 0.6 is 0 Å². The van der Waals surface area contributed by atoms with Crippen LogP contribution in [0, 0.1) is 12.3 Å². The van der Waals surface area contributed by atoms with Gasteiger partial charge in [0.15, 0.2) is 0 Å². The standard InChI is InChI=1S/C15H18/c1-2-6-13-9-11-15(12-10-13)14-7-4-3-5-8-14/h1,9-12,14H,3-8H2. The van der Waals surface area contributed by atoms with E-state index < -0.39 is 0 Å². The minimum absolute atomic E-state index is 0.755. The highest BCUT2D eigenvalue weighted by Gasteiger charge is 2.14. The Morgan fingerprint density at radius 1 is 1.07 bits per heavy atom. The number of benzene rings is 1. The van der Waals surface area contributed by atoms with E-state index in [0.29, 0.717) is 0 Å². The third-order valence-corrected chi connectivity index (χ3v) is 3.36. The molecule has 0 atom stereocenters. The van der Waals surface area contributed by atoms with Gasteiger partial charge in [0.2, 0.25) is 0 Å². The van der Waals surface area contributed by atoms with E-state index in [4.69, 9.17) is 6.42 Å². The van der Waals surface area contributed by atoms with Gasteiger partial charge in [-0.25, -0.2) is 0 Å². The van der Waals surface area contributed by atoms with Crippen LogP contribution in [0.4, 0.5) is 0 Å². The van der Waals surface area contributed by atoms with E-state index in [9.17, 15) is 0 Å². The van der Waals surface area contributed by atoms with Crippen LogP contribution in [0.1, 0.15) is 49.1 Å². The smallest absolute Gasteiger partial charge is 0.0337 e. The van der Waals surface area contributed by atoms with E-state index in [2.05, 4.69) is 30.2 Å². The SMILES string of the molecule is C#CCc1ccc(C2CCCCC2)cc1. The zero-order chi connectivity index (χ0) is 10.5. The molecule has 1 aromatic rings. The summed E-state index contributed by atoms with van der Waals surface area (Å²) in [6.45, 7) is 0.